The first-order valence-corrected chi connectivity index (χ1v) is 6.04. The molecule has 8 nitrogen and oxygen atoms in total. The molecule has 0 saturated carbocycles. The summed E-state index contributed by atoms with van der Waals surface area (Å²) in [5.41, 5.74) is 5.16. The average Bonchev–Trinajstić information content (AvgIpc) is 2.41. The molecule has 2 N–H and O–H groups in total. The van der Waals surface area contributed by atoms with E-state index in [4.69, 9.17) is 10.5 Å². The highest BCUT2D eigenvalue weighted by Gasteiger charge is 2.19. The van der Waals surface area contributed by atoms with Gasteiger partial charge in [0.1, 0.15) is 6.04 Å². The number of carbonyl (C=O) groups excluding carboxylic acids is 1. The molecule has 0 aliphatic heterocycles. The molecule has 20 heavy (non-hydrogen) atoms. The monoisotopic (exact) mass is 284 g/mol. The lowest BCUT2D eigenvalue weighted by Gasteiger charge is -2.21. The van der Waals surface area contributed by atoms with Crippen molar-refractivity contribution < 1.29 is 9.53 Å². The van der Waals surface area contributed by atoms with Gasteiger partial charge in [-0.05, 0) is 0 Å². The van der Waals surface area contributed by atoms with E-state index in [0.717, 1.165) is 4.57 Å². The van der Waals surface area contributed by atoms with E-state index >= 15 is 0 Å². The zero-order valence-corrected chi connectivity index (χ0v) is 12.1. The molecule has 8 heteroatoms. The summed E-state index contributed by atoms with van der Waals surface area (Å²) >= 11 is 0. The molecule has 1 unspecified atom stereocenters. The Bertz CT molecular complexity index is 604. The number of aromatic nitrogens is 2. The number of amides is 1. The maximum absolute atomic E-state index is 12.0. The zero-order chi connectivity index (χ0) is 15.4. The number of hydrogen-bond donors (Lipinski definition) is 1. The van der Waals surface area contributed by atoms with Crippen LogP contribution in [0.3, 0.4) is 0 Å². The van der Waals surface area contributed by atoms with Crippen LogP contribution in [0, 0.1) is 0 Å². The molecule has 1 aromatic rings. The van der Waals surface area contributed by atoms with Crippen molar-refractivity contribution in [1.82, 2.24) is 14.0 Å². The molecule has 0 aromatic carbocycles. The summed E-state index contributed by atoms with van der Waals surface area (Å²) in [4.78, 5) is 36.8. The predicted molar refractivity (Wildman–Crippen MR) is 73.2 cm³/mol. The first-order valence-electron chi connectivity index (χ1n) is 6.04. The first kappa shape index (κ1) is 16.1. The van der Waals surface area contributed by atoms with Crippen LogP contribution in [0.2, 0.25) is 0 Å². The van der Waals surface area contributed by atoms with E-state index in [9.17, 15) is 14.4 Å². The van der Waals surface area contributed by atoms with Gasteiger partial charge in [0.25, 0.3) is 5.56 Å². The van der Waals surface area contributed by atoms with Crippen molar-refractivity contribution in [3.05, 3.63) is 32.6 Å². The Morgan fingerprint density at radius 2 is 2.05 bits per heavy atom. The highest BCUT2D eigenvalue weighted by atomic mass is 16.5. The van der Waals surface area contributed by atoms with Crippen LogP contribution in [0.15, 0.2) is 15.8 Å². The van der Waals surface area contributed by atoms with Crippen LogP contribution in [-0.2, 0) is 30.2 Å². The van der Waals surface area contributed by atoms with Gasteiger partial charge in [0, 0.05) is 34.4 Å². The quantitative estimate of drug-likeness (QED) is 0.675. The third-order valence-corrected chi connectivity index (χ3v) is 2.96. The lowest BCUT2D eigenvalue weighted by molar-refractivity contribution is -0.133. The topological polar surface area (TPSA) is 99.6 Å². The molecule has 0 saturated heterocycles. The van der Waals surface area contributed by atoms with Crippen molar-refractivity contribution in [1.29, 1.82) is 0 Å². The van der Waals surface area contributed by atoms with Crippen molar-refractivity contribution >= 4 is 5.91 Å². The smallest absolute Gasteiger partial charge is 0.330 e. The van der Waals surface area contributed by atoms with Crippen molar-refractivity contribution in [2.75, 3.05) is 20.8 Å². The summed E-state index contributed by atoms with van der Waals surface area (Å²) in [5, 5.41) is 0. The summed E-state index contributed by atoms with van der Waals surface area (Å²) < 4.78 is 7.12. The van der Waals surface area contributed by atoms with Crippen LogP contribution in [0.5, 0.6) is 0 Å². The largest absolute Gasteiger partial charge is 0.383 e. The Kier molecular flexibility index (Phi) is 5.23. The number of ether oxygens (including phenoxy) is 1. The van der Waals surface area contributed by atoms with E-state index < -0.39 is 17.3 Å². The Morgan fingerprint density at radius 3 is 2.60 bits per heavy atom. The second kappa shape index (κ2) is 6.49. The maximum Gasteiger partial charge on any atom is 0.330 e. The summed E-state index contributed by atoms with van der Waals surface area (Å²) in [6.07, 6.45) is 1.43. The highest BCUT2D eigenvalue weighted by Crippen LogP contribution is 1.98. The molecular formula is C12H20N4O4. The number of rotatable bonds is 5. The van der Waals surface area contributed by atoms with Gasteiger partial charge in [-0.1, -0.05) is 0 Å². The Morgan fingerprint density at radius 1 is 1.45 bits per heavy atom. The zero-order valence-electron chi connectivity index (χ0n) is 12.1. The lowest BCUT2D eigenvalue weighted by Crippen LogP contribution is -2.46. The van der Waals surface area contributed by atoms with E-state index in [-0.39, 0.29) is 19.1 Å². The van der Waals surface area contributed by atoms with Gasteiger partial charge < -0.3 is 19.9 Å². The summed E-state index contributed by atoms with van der Waals surface area (Å²) in [6, 6.07) is -0.776. The fourth-order valence-corrected chi connectivity index (χ4v) is 1.86. The number of likely N-dealkylation sites (N-methyl/N-ethyl adjacent to an activating group) is 1. The van der Waals surface area contributed by atoms with Crippen LogP contribution < -0.4 is 17.0 Å². The molecule has 0 radical (unpaired) electrons. The first-order chi connectivity index (χ1) is 9.29. The van der Waals surface area contributed by atoms with Gasteiger partial charge >= 0.3 is 5.69 Å². The van der Waals surface area contributed by atoms with Crippen molar-refractivity contribution in [3.63, 3.8) is 0 Å². The molecular weight excluding hydrogens is 264 g/mol. The van der Waals surface area contributed by atoms with Gasteiger partial charge in [-0.3, -0.25) is 14.2 Å². The normalized spacial score (nSPS) is 12.2. The van der Waals surface area contributed by atoms with Crippen molar-refractivity contribution in [3.8, 4) is 0 Å². The van der Waals surface area contributed by atoms with Gasteiger partial charge in [0.2, 0.25) is 5.91 Å². The molecule has 1 rings (SSSR count). The number of methoxy groups -OCH3 is 1. The third-order valence-electron chi connectivity index (χ3n) is 2.96. The molecule has 0 bridgehead atoms. The van der Waals surface area contributed by atoms with Crippen molar-refractivity contribution in [2.24, 2.45) is 19.8 Å². The van der Waals surface area contributed by atoms with Gasteiger partial charge in [-0.25, -0.2) is 4.79 Å². The van der Waals surface area contributed by atoms with E-state index in [1.807, 2.05) is 0 Å². The van der Waals surface area contributed by atoms with Gasteiger partial charge in [-0.2, -0.15) is 0 Å². The molecule has 0 aliphatic rings. The Hall–Kier alpha value is -1.93. The minimum Gasteiger partial charge on any atom is -0.383 e. The van der Waals surface area contributed by atoms with Crippen LogP contribution in [0.1, 0.15) is 5.56 Å². The van der Waals surface area contributed by atoms with Crippen LogP contribution in [-0.4, -0.2) is 46.7 Å². The van der Waals surface area contributed by atoms with Crippen LogP contribution in [0.25, 0.3) is 0 Å². The van der Waals surface area contributed by atoms with Crippen molar-refractivity contribution in [2.45, 2.75) is 12.6 Å². The summed E-state index contributed by atoms with van der Waals surface area (Å²) in [5.74, 6) is -0.331. The second-order valence-electron chi connectivity index (χ2n) is 4.67. The third kappa shape index (κ3) is 3.34. The summed E-state index contributed by atoms with van der Waals surface area (Å²) in [6.45, 7) is 0.186. The molecule has 0 fully saturated rings. The highest BCUT2D eigenvalue weighted by molar-refractivity contribution is 5.81. The van der Waals surface area contributed by atoms with Crippen LogP contribution >= 0.6 is 0 Å². The molecule has 0 aliphatic carbocycles. The standard InChI is InChI=1S/C12H20N4O4/c1-14(11(18)9(13)7-20-4)5-8-6-15(2)12(19)16(3)10(8)17/h6,9H,5,7,13H2,1-4H3. The number of nitrogens with two attached hydrogens (primary N) is 1. The lowest BCUT2D eigenvalue weighted by atomic mass is 10.2. The number of aryl methyl sites for hydroxylation is 1. The number of hydrogen-bond acceptors (Lipinski definition) is 5. The van der Waals surface area contributed by atoms with E-state index in [1.165, 1.54) is 29.8 Å². The fraction of sp³-hybridized carbons (Fsp3) is 0.583. The second-order valence-corrected chi connectivity index (χ2v) is 4.67. The SMILES string of the molecule is COCC(N)C(=O)N(C)Cc1cn(C)c(=O)n(C)c1=O. The molecule has 0 spiro atoms. The maximum atomic E-state index is 12.0. The molecule has 1 aromatic heterocycles. The summed E-state index contributed by atoms with van der Waals surface area (Å²) in [7, 11) is 5.94. The molecule has 1 amide bonds. The van der Waals surface area contributed by atoms with Crippen LogP contribution in [0.4, 0.5) is 0 Å². The van der Waals surface area contributed by atoms with Gasteiger partial charge in [0.15, 0.2) is 0 Å². The Labute approximate surface area is 116 Å². The van der Waals surface area contributed by atoms with E-state index in [2.05, 4.69) is 0 Å². The Balaban J connectivity index is 2.97. The predicted octanol–water partition coefficient (Wildman–Crippen LogP) is -1.98. The van der Waals surface area contributed by atoms with Gasteiger partial charge in [0.05, 0.1) is 18.7 Å². The number of carbonyl (C=O) groups is 1. The van der Waals surface area contributed by atoms with Gasteiger partial charge in [-0.15, -0.1) is 0 Å². The minimum absolute atomic E-state index is 0.0804. The molecule has 1 heterocycles. The van der Waals surface area contributed by atoms with E-state index in [0.29, 0.717) is 5.56 Å². The number of nitrogens with zero attached hydrogens (tertiary/aromatic N) is 3. The molecule has 1 atom stereocenters. The fourth-order valence-electron chi connectivity index (χ4n) is 1.86. The van der Waals surface area contributed by atoms with E-state index in [1.54, 1.807) is 14.1 Å². The average molecular weight is 284 g/mol. The minimum atomic E-state index is -0.776. The molecule has 112 valence electrons.